The number of nitrogens with one attached hydrogen (secondary N) is 1. The van der Waals surface area contributed by atoms with Gasteiger partial charge in [-0.1, -0.05) is 23.8 Å². The molecule has 0 atom stereocenters. The fraction of sp³-hybridized carbons (Fsp3) is 0.294. The smallest absolute Gasteiger partial charge is 0.250 e. The normalized spacial score (nSPS) is 15.0. The first-order valence-corrected chi connectivity index (χ1v) is 10.3. The molecule has 1 aromatic carbocycles. The summed E-state index contributed by atoms with van der Waals surface area (Å²) in [4.78, 5) is 9.20. The molecule has 3 aromatic rings. The highest BCUT2D eigenvalue weighted by Crippen LogP contribution is 2.36. The maximum absolute atomic E-state index is 12.5. The highest BCUT2D eigenvalue weighted by Gasteiger charge is 2.29. The fourth-order valence-electron chi connectivity index (χ4n) is 2.81. The van der Waals surface area contributed by atoms with Crippen molar-refractivity contribution in [1.29, 1.82) is 0 Å². The van der Waals surface area contributed by atoms with Gasteiger partial charge in [-0.05, 0) is 38.3 Å². The van der Waals surface area contributed by atoms with Crippen molar-refractivity contribution in [2.45, 2.75) is 36.9 Å². The molecule has 1 saturated carbocycles. The number of aryl methyl sites for hydroxylation is 2. The van der Waals surface area contributed by atoms with E-state index >= 15 is 0 Å². The third-order valence-electron chi connectivity index (χ3n) is 4.19. The van der Waals surface area contributed by atoms with Gasteiger partial charge < -0.3 is 5.73 Å². The van der Waals surface area contributed by atoms with Crippen LogP contribution in [0.5, 0.6) is 0 Å². The lowest BCUT2D eigenvalue weighted by Gasteiger charge is -2.08. The molecule has 0 amide bonds. The Hall–Kier alpha value is -2.03. The maximum Gasteiger partial charge on any atom is 0.250 e. The van der Waals surface area contributed by atoms with Crippen LogP contribution in [0.25, 0.3) is 21.5 Å². The second kappa shape index (κ2) is 5.76. The van der Waals surface area contributed by atoms with Gasteiger partial charge >= 0.3 is 0 Å². The van der Waals surface area contributed by atoms with Gasteiger partial charge in [0.05, 0.1) is 5.69 Å². The Balaban J connectivity index is 1.90. The summed E-state index contributed by atoms with van der Waals surface area (Å²) in [6.07, 6.45) is 1.79. The molecule has 8 heteroatoms. The van der Waals surface area contributed by atoms with Gasteiger partial charge in [0.1, 0.15) is 9.04 Å². The summed E-state index contributed by atoms with van der Waals surface area (Å²) < 4.78 is 28.0. The van der Waals surface area contributed by atoms with Crippen molar-refractivity contribution in [2.75, 3.05) is 5.73 Å². The van der Waals surface area contributed by atoms with Crippen LogP contribution in [0.3, 0.4) is 0 Å². The number of fused-ring (bicyclic) bond motifs is 1. The van der Waals surface area contributed by atoms with Gasteiger partial charge in [0.25, 0.3) is 0 Å². The number of hydrogen-bond acceptors (Lipinski definition) is 6. The van der Waals surface area contributed by atoms with Crippen LogP contribution in [0.4, 0.5) is 5.95 Å². The number of sulfonamides is 1. The molecule has 1 aliphatic rings. The van der Waals surface area contributed by atoms with Crippen LogP contribution in [0, 0.1) is 13.8 Å². The average Bonchev–Trinajstić information content (AvgIpc) is 3.21. The molecule has 3 N–H and O–H groups in total. The van der Waals surface area contributed by atoms with Gasteiger partial charge in [-0.25, -0.2) is 23.1 Å². The van der Waals surface area contributed by atoms with Crippen molar-refractivity contribution in [2.24, 2.45) is 0 Å². The monoisotopic (exact) mass is 374 g/mol. The van der Waals surface area contributed by atoms with E-state index in [2.05, 4.69) is 20.8 Å². The molecule has 0 unspecified atom stereocenters. The largest absolute Gasteiger partial charge is 0.368 e. The lowest BCUT2D eigenvalue weighted by Crippen LogP contribution is -2.24. The number of nitrogens with zero attached hydrogens (tertiary/aromatic N) is 2. The second-order valence-corrected chi connectivity index (χ2v) is 9.40. The maximum atomic E-state index is 12.5. The summed E-state index contributed by atoms with van der Waals surface area (Å²) in [5.41, 5.74) is 9.69. The molecule has 0 aliphatic heterocycles. The van der Waals surface area contributed by atoms with E-state index in [1.54, 1.807) is 6.07 Å². The Kier molecular flexibility index (Phi) is 3.78. The van der Waals surface area contributed by atoms with Crippen LogP contribution in [0.15, 0.2) is 28.5 Å². The molecule has 0 radical (unpaired) electrons. The van der Waals surface area contributed by atoms with E-state index in [0.29, 0.717) is 15.9 Å². The van der Waals surface area contributed by atoms with Crippen molar-refractivity contribution < 1.29 is 8.42 Å². The number of anilines is 1. The lowest BCUT2D eigenvalue weighted by molar-refractivity contribution is 0.583. The van der Waals surface area contributed by atoms with Gasteiger partial charge in [-0.3, -0.25) is 0 Å². The Morgan fingerprint density at radius 2 is 1.96 bits per heavy atom. The molecular formula is C17H18N4O2S2. The molecule has 6 nitrogen and oxygen atoms in total. The van der Waals surface area contributed by atoms with Crippen LogP contribution in [-0.2, 0) is 10.0 Å². The quantitative estimate of drug-likeness (QED) is 0.731. The van der Waals surface area contributed by atoms with Crippen LogP contribution in [0.1, 0.15) is 24.0 Å². The first-order valence-electron chi connectivity index (χ1n) is 8.00. The number of hydrogen-bond donors (Lipinski definition) is 2. The van der Waals surface area contributed by atoms with E-state index in [1.165, 1.54) is 0 Å². The van der Waals surface area contributed by atoms with Crippen molar-refractivity contribution in [1.82, 2.24) is 14.7 Å². The number of benzene rings is 1. The van der Waals surface area contributed by atoms with E-state index in [-0.39, 0.29) is 16.2 Å². The van der Waals surface area contributed by atoms with Gasteiger partial charge in [0.2, 0.25) is 16.0 Å². The van der Waals surface area contributed by atoms with Crippen molar-refractivity contribution in [3.8, 4) is 11.3 Å². The number of rotatable bonds is 4. The number of nitrogens with two attached hydrogens (primary N) is 1. The third kappa shape index (κ3) is 3.12. The van der Waals surface area contributed by atoms with Crippen LogP contribution < -0.4 is 10.5 Å². The van der Waals surface area contributed by atoms with E-state index in [0.717, 1.165) is 40.9 Å². The average molecular weight is 374 g/mol. The van der Waals surface area contributed by atoms with Gasteiger partial charge in [-0.2, -0.15) is 0 Å². The number of nitrogen functional groups attached to an aromatic ring is 1. The molecule has 1 fully saturated rings. The third-order valence-corrected chi connectivity index (χ3v) is 7.21. The first kappa shape index (κ1) is 16.4. The van der Waals surface area contributed by atoms with Crippen molar-refractivity contribution >= 4 is 37.5 Å². The predicted molar refractivity (Wildman–Crippen MR) is 100 cm³/mol. The highest BCUT2D eigenvalue weighted by atomic mass is 32.2. The summed E-state index contributed by atoms with van der Waals surface area (Å²) in [7, 11) is -3.53. The second-order valence-electron chi connectivity index (χ2n) is 6.43. The molecule has 25 heavy (non-hydrogen) atoms. The zero-order valence-electron chi connectivity index (χ0n) is 13.9. The zero-order valence-corrected chi connectivity index (χ0v) is 15.5. The molecule has 0 spiro atoms. The number of aromatic nitrogens is 2. The highest BCUT2D eigenvalue weighted by molar-refractivity contribution is 7.91. The van der Waals surface area contributed by atoms with Crippen LogP contribution in [0.2, 0.25) is 0 Å². The predicted octanol–water partition coefficient (Wildman–Crippen LogP) is 3.00. The summed E-state index contributed by atoms with van der Waals surface area (Å²) in [5.74, 6) is 0.142. The summed E-state index contributed by atoms with van der Waals surface area (Å²) in [5, 5.41) is 0.710. The minimum absolute atomic E-state index is 0.0604. The molecule has 2 aromatic heterocycles. The van der Waals surface area contributed by atoms with Gasteiger partial charge in [0.15, 0.2) is 0 Å². The first-order chi connectivity index (χ1) is 11.8. The molecule has 1 aliphatic carbocycles. The van der Waals surface area contributed by atoms with E-state index in [1.807, 2.05) is 26.0 Å². The Bertz CT molecular complexity index is 1090. The van der Waals surface area contributed by atoms with E-state index < -0.39 is 10.0 Å². The van der Waals surface area contributed by atoms with Crippen LogP contribution in [-0.4, -0.2) is 24.4 Å². The Morgan fingerprint density at radius 3 is 2.64 bits per heavy atom. The van der Waals surface area contributed by atoms with Gasteiger partial charge in [-0.15, -0.1) is 11.3 Å². The molecule has 0 bridgehead atoms. The Labute approximate surface area is 150 Å². The SMILES string of the molecule is Cc1ccc(-c2nc(N)nc3sc(S(=O)(=O)NC4CC4)cc23)c(C)c1. The number of thiophene rings is 1. The molecule has 4 rings (SSSR count). The molecule has 0 saturated heterocycles. The topological polar surface area (TPSA) is 98.0 Å². The van der Waals surface area contributed by atoms with Crippen molar-refractivity contribution in [3.05, 3.63) is 35.4 Å². The summed E-state index contributed by atoms with van der Waals surface area (Å²) >= 11 is 1.12. The Morgan fingerprint density at radius 1 is 1.20 bits per heavy atom. The van der Waals surface area contributed by atoms with E-state index in [4.69, 9.17) is 5.73 Å². The van der Waals surface area contributed by atoms with Crippen molar-refractivity contribution in [3.63, 3.8) is 0 Å². The zero-order chi connectivity index (χ0) is 17.8. The molecular weight excluding hydrogens is 356 g/mol. The standard InChI is InChI=1S/C17H18N4O2S2/c1-9-3-6-12(10(2)7-9)15-13-8-14(24-16(13)20-17(18)19-15)25(22,23)21-11-4-5-11/h3,6-8,11,21H,4-5H2,1-2H3,(H2,18,19,20). The van der Waals surface area contributed by atoms with Gasteiger partial charge in [0, 0.05) is 17.0 Å². The van der Waals surface area contributed by atoms with E-state index in [9.17, 15) is 8.42 Å². The van der Waals surface area contributed by atoms with Crippen LogP contribution >= 0.6 is 11.3 Å². The molecule has 130 valence electrons. The minimum atomic E-state index is -3.53. The summed E-state index contributed by atoms with van der Waals surface area (Å²) in [6.45, 7) is 4.03. The lowest BCUT2D eigenvalue weighted by atomic mass is 10.0. The summed E-state index contributed by atoms with van der Waals surface area (Å²) in [6, 6.07) is 7.77. The fourth-order valence-corrected chi connectivity index (χ4v) is 5.47. The minimum Gasteiger partial charge on any atom is -0.368 e. The molecule has 2 heterocycles.